The summed E-state index contributed by atoms with van der Waals surface area (Å²) in [6.07, 6.45) is 1.75. The summed E-state index contributed by atoms with van der Waals surface area (Å²) >= 11 is 3.15. The van der Waals surface area contributed by atoms with Gasteiger partial charge in [0.2, 0.25) is 4.80 Å². The molecule has 3 nitrogen and oxygen atoms in total. The van der Waals surface area contributed by atoms with Gasteiger partial charge in [-0.1, -0.05) is 12.1 Å². The number of hydrogen-bond acceptors (Lipinski definition) is 4. The van der Waals surface area contributed by atoms with E-state index in [4.69, 9.17) is 5.10 Å². The van der Waals surface area contributed by atoms with Crippen molar-refractivity contribution in [1.29, 1.82) is 0 Å². The van der Waals surface area contributed by atoms with Crippen LogP contribution >= 0.6 is 22.7 Å². The Morgan fingerprint density at radius 2 is 2.04 bits per heavy atom. The molecule has 1 aromatic carbocycles. The third-order valence-corrected chi connectivity index (χ3v) is 5.14. The van der Waals surface area contributed by atoms with E-state index in [1.54, 1.807) is 29.5 Å². The van der Waals surface area contributed by atoms with E-state index >= 15 is 0 Å². The first-order valence-corrected chi connectivity index (χ1v) is 9.12. The Hall–Kier alpha value is -2.31. The fourth-order valence-corrected chi connectivity index (χ4v) is 3.66. The Kier molecular flexibility index (Phi) is 5.17. The SMILES string of the molecule is C=CCN=c1scc(-c2ccc(F)cc2)n1N=C(C)c1cccs1. The molecule has 0 bridgehead atoms. The summed E-state index contributed by atoms with van der Waals surface area (Å²) < 4.78 is 15.0. The van der Waals surface area contributed by atoms with Gasteiger partial charge < -0.3 is 0 Å². The molecule has 2 heterocycles. The number of nitrogens with zero attached hydrogens (tertiary/aromatic N) is 3. The largest absolute Gasteiger partial charge is 0.253 e. The molecule has 0 saturated heterocycles. The van der Waals surface area contributed by atoms with Gasteiger partial charge >= 0.3 is 0 Å². The zero-order valence-electron chi connectivity index (χ0n) is 13.1. The molecular weight excluding hydrogens is 341 g/mol. The van der Waals surface area contributed by atoms with E-state index in [9.17, 15) is 4.39 Å². The van der Waals surface area contributed by atoms with Gasteiger partial charge in [-0.25, -0.2) is 9.07 Å². The highest BCUT2D eigenvalue weighted by atomic mass is 32.1. The number of aromatic nitrogens is 1. The smallest absolute Gasteiger partial charge is 0.206 e. The molecule has 3 rings (SSSR count). The van der Waals surface area contributed by atoms with E-state index in [1.807, 2.05) is 34.5 Å². The summed E-state index contributed by atoms with van der Waals surface area (Å²) in [4.78, 5) is 6.40. The minimum Gasteiger partial charge on any atom is -0.253 e. The number of benzene rings is 1. The van der Waals surface area contributed by atoms with E-state index in [0.717, 1.165) is 26.6 Å². The number of thiazole rings is 1. The molecule has 2 aromatic heterocycles. The van der Waals surface area contributed by atoms with Crippen molar-refractivity contribution in [2.24, 2.45) is 10.1 Å². The Labute approximate surface area is 147 Å². The Morgan fingerprint density at radius 1 is 1.25 bits per heavy atom. The lowest BCUT2D eigenvalue weighted by atomic mass is 10.2. The Morgan fingerprint density at radius 3 is 2.71 bits per heavy atom. The second kappa shape index (κ2) is 7.51. The van der Waals surface area contributed by atoms with Crippen molar-refractivity contribution in [3.05, 3.63) is 75.3 Å². The normalized spacial score (nSPS) is 12.6. The van der Waals surface area contributed by atoms with Gasteiger partial charge in [0.25, 0.3) is 0 Å². The number of rotatable bonds is 5. The molecule has 6 heteroatoms. The van der Waals surface area contributed by atoms with Crippen molar-refractivity contribution in [2.45, 2.75) is 6.92 Å². The van der Waals surface area contributed by atoms with Crippen LogP contribution in [0.3, 0.4) is 0 Å². The van der Waals surface area contributed by atoms with Crippen LogP contribution in [0.4, 0.5) is 4.39 Å². The fourth-order valence-electron chi connectivity index (χ4n) is 2.15. The highest BCUT2D eigenvalue weighted by molar-refractivity contribution is 7.12. The Bertz CT molecular complexity index is 916. The molecule has 0 radical (unpaired) electrons. The Balaban J connectivity index is 2.13. The van der Waals surface area contributed by atoms with E-state index in [1.165, 1.54) is 23.5 Å². The molecule has 122 valence electrons. The van der Waals surface area contributed by atoms with Crippen LogP contribution in [-0.4, -0.2) is 16.9 Å². The lowest BCUT2D eigenvalue weighted by Gasteiger charge is -2.05. The van der Waals surface area contributed by atoms with Gasteiger partial charge in [-0.3, -0.25) is 4.99 Å². The topological polar surface area (TPSA) is 29.6 Å². The van der Waals surface area contributed by atoms with Crippen molar-refractivity contribution in [2.75, 3.05) is 6.54 Å². The quantitative estimate of drug-likeness (QED) is 0.465. The second-order valence-electron chi connectivity index (χ2n) is 5.01. The van der Waals surface area contributed by atoms with E-state index in [-0.39, 0.29) is 5.82 Å². The molecule has 0 saturated carbocycles. The molecule has 0 aliphatic heterocycles. The summed E-state index contributed by atoms with van der Waals surface area (Å²) in [5, 5.41) is 8.76. The summed E-state index contributed by atoms with van der Waals surface area (Å²) in [6, 6.07) is 10.4. The van der Waals surface area contributed by atoms with Crippen molar-refractivity contribution in [3.8, 4) is 11.3 Å². The van der Waals surface area contributed by atoms with Gasteiger partial charge in [-0.2, -0.15) is 5.10 Å². The zero-order valence-corrected chi connectivity index (χ0v) is 14.8. The van der Waals surface area contributed by atoms with Gasteiger partial charge in [-0.05, 0) is 42.6 Å². The number of thiophene rings is 1. The summed E-state index contributed by atoms with van der Waals surface area (Å²) in [5.41, 5.74) is 2.70. The summed E-state index contributed by atoms with van der Waals surface area (Å²) in [5.74, 6) is -0.254. The van der Waals surface area contributed by atoms with E-state index in [0.29, 0.717) is 6.54 Å². The third kappa shape index (κ3) is 3.60. The van der Waals surface area contributed by atoms with Gasteiger partial charge in [0, 0.05) is 10.9 Å². The van der Waals surface area contributed by atoms with Crippen LogP contribution < -0.4 is 4.80 Å². The standard InChI is InChI=1S/C18H16FN3S2/c1-3-10-20-18-22(21-13(2)17-5-4-11-23-17)16(12-24-18)14-6-8-15(19)9-7-14/h3-9,11-12H,1,10H2,2H3. The fraction of sp³-hybridized carbons (Fsp3) is 0.111. The predicted molar refractivity (Wildman–Crippen MR) is 100 cm³/mol. The van der Waals surface area contributed by atoms with E-state index < -0.39 is 0 Å². The van der Waals surface area contributed by atoms with Gasteiger partial charge in [-0.15, -0.1) is 29.3 Å². The molecule has 0 aliphatic carbocycles. The lowest BCUT2D eigenvalue weighted by Crippen LogP contribution is -2.14. The summed E-state index contributed by atoms with van der Waals surface area (Å²) in [7, 11) is 0. The van der Waals surface area contributed by atoms with Crippen LogP contribution in [0.1, 0.15) is 11.8 Å². The van der Waals surface area contributed by atoms with Crippen LogP contribution in [0.2, 0.25) is 0 Å². The summed E-state index contributed by atoms with van der Waals surface area (Å²) in [6.45, 7) is 6.21. The van der Waals surface area contributed by atoms with Crippen LogP contribution in [0, 0.1) is 5.82 Å². The minimum absolute atomic E-state index is 0.254. The van der Waals surface area contributed by atoms with Gasteiger partial charge in [0.1, 0.15) is 5.82 Å². The highest BCUT2D eigenvalue weighted by Gasteiger charge is 2.09. The molecule has 3 aromatic rings. The maximum atomic E-state index is 13.2. The van der Waals surface area contributed by atoms with E-state index in [2.05, 4.69) is 11.6 Å². The van der Waals surface area contributed by atoms with Crippen LogP contribution in [0.5, 0.6) is 0 Å². The second-order valence-corrected chi connectivity index (χ2v) is 6.80. The molecule has 0 unspecified atom stereocenters. The lowest BCUT2D eigenvalue weighted by molar-refractivity contribution is 0.628. The third-order valence-electron chi connectivity index (χ3n) is 3.31. The maximum absolute atomic E-state index is 13.2. The average Bonchev–Trinajstić information content (AvgIpc) is 3.24. The van der Waals surface area contributed by atoms with Crippen molar-refractivity contribution in [1.82, 2.24) is 4.68 Å². The number of halogens is 1. The molecule has 0 amide bonds. The van der Waals surface area contributed by atoms with Gasteiger partial charge in [0.15, 0.2) is 0 Å². The molecule has 24 heavy (non-hydrogen) atoms. The van der Waals surface area contributed by atoms with Gasteiger partial charge in [0.05, 0.1) is 22.8 Å². The molecule has 0 atom stereocenters. The molecule has 0 fully saturated rings. The van der Waals surface area contributed by atoms with Crippen molar-refractivity contribution >= 4 is 28.4 Å². The zero-order chi connectivity index (χ0) is 16.9. The first-order valence-electron chi connectivity index (χ1n) is 7.36. The predicted octanol–water partition coefficient (Wildman–Crippen LogP) is 4.78. The maximum Gasteiger partial charge on any atom is 0.206 e. The first kappa shape index (κ1) is 16.5. The first-order chi connectivity index (χ1) is 11.7. The van der Waals surface area contributed by atoms with Crippen LogP contribution in [0.15, 0.2) is 69.9 Å². The minimum atomic E-state index is -0.254. The molecule has 0 spiro atoms. The number of hydrogen-bond donors (Lipinski definition) is 0. The molecule has 0 N–H and O–H groups in total. The van der Waals surface area contributed by atoms with Crippen molar-refractivity contribution in [3.63, 3.8) is 0 Å². The van der Waals surface area contributed by atoms with Crippen LogP contribution in [0.25, 0.3) is 11.3 Å². The average molecular weight is 357 g/mol. The van der Waals surface area contributed by atoms with Crippen molar-refractivity contribution < 1.29 is 4.39 Å². The monoisotopic (exact) mass is 357 g/mol. The molecular formula is C18H16FN3S2. The highest BCUT2D eigenvalue weighted by Crippen LogP contribution is 2.21. The molecule has 0 aliphatic rings. The van der Waals surface area contributed by atoms with Crippen LogP contribution in [-0.2, 0) is 0 Å².